The molecule has 3 heteroatoms. The summed E-state index contributed by atoms with van der Waals surface area (Å²) in [4.78, 5) is 8.28. The summed E-state index contributed by atoms with van der Waals surface area (Å²) in [6, 6.07) is 32.9. The Morgan fingerprint density at radius 3 is 1.82 bits per heavy atom. The zero-order valence-electron chi connectivity index (χ0n) is 15.2. The van der Waals surface area contributed by atoms with Gasteiger partial charge < -0.3 is 9.40 Å². The smallest absolute Gasteiger partial charge is 0.174 e. The second-order valence-electron chi connectivity index (χ2n) is 6.60. The Bertz CT molecular complexity index is 1170. The Morgan fingerprint density at radius 1 is 0.571 bits per heavy atom. The summed E-state index contributed by atoms with van der Waals surface area (Å²) in [5, 5.41) is 0. The third kappa shape index (κ3) is 3.03. The third-order valence-electron chi connectivity index (χ3n) is 4.79. The van der Waals surface area contributed by atoms with Crippen LogP contribution in [0.5, 0.6) is 0 Å². The molecule has 28 heavy (non-hydrogen) atoms. The molecule has 0 saturated heterocycles. The minimum absolute atomic E-state index is 0.726. The maximum absolute atomic E-state index is 5.54. The minimum atomic E-state index is 0.726. The maximum Gasteiger partial charge on any atom is 0.174 e. The average molecular weight is 362 g/mol. The molecule has 0 aliphatic heterocycles. The second kappa shape index (κ2) is 7.05. The first-order valence-corrected chi connectivity index (χ1v) is 9.24. The molecule has 3 aromatic carbocycles. The predicted octanol–water partition coefficient (Wildman–Crippen LogP) is 6.67. The Balaban J connectivity index is 1.61. The van der Waals surface area contributed by atoms with E-state index < -0.39 is 0 Å². The highest BCUT2D eigenvalue weighted by Gasteiger charge is 2.16. The molecule has 0 bridgehead atoms. The van der Waals surface area contributed by atoms with Gasteiger partial charge in [-0.2, -0.15) is 0 Å². The van der Waals surface area contributed by atoms with Gasteiger partial charge in [0.05, 0.1) is 17.7 Å². The molecule has 134 valence electrons. The van der Waals surface area contributed by atoms with E-state index in [2.05, 4.69) is 65.6 Å². The molecule has 0 fully saturated rings. The van der Waals surface area contributed by atoms with E-state index in [4.69, 9.17) is 9.40 Å². The molecule has 0 saturated carbocycles. The van der Waals surface area contributed by atoms with Gasteiger partial charge in [-0.3, -0.25) is 0 Å². The molecule has 0 aliphatic carbocycles. The quantitative estimate of drug-likeness (QED) is 0.388. The number of hydrogen-bond donors (Lipinski definition) is 1. The number of H-pyrrole nitrogens is 1. The fourth-order valence-electron chi connectivity index (χ4n) is 3.38. The highest BCUT2D eigenvalue weighted by atomic mass is 16.3. The summed E-state index contributed by atoms with van der Waals surface area (Å²) in [6.07, 6.45) is 1.66. The standard InChI is InChI=1S/C25H18N2O/c1-3-8-18(9-4-1)19-13-15-21(16-14-19)24-23(20-10-5-2-6-11-20)26-25(27-24)22-12-7-17-28-22/h1-17H,(H,26,27). The topological polar surface area (TPSA) is 41.8 Å². The molecule has 0 spiro atoms. The molecule has 0 unspecified atom stereocenters. The second-order valence-corrected chi connectivity index (χ2v) is 6.60. The van der Waals surface area contributed by atoms with Crippen molar-refractivity contribution in [3.8, 4) is 45.2 Å². The van der Waals surface area contributed by atoms with Crippen molar-refractivity contribution in [2.75, 3.05) is 0 Å². The Labute approximate surface area is 163 Å². The van der Waals surface area contributed by atoms with Crippen molar-refractivity contribution in [3.05, 3.63) is 103 Å². The largest absolute Gasteiger partial charge is 0.461 e. The number of nitrogens with zero attached hydrogens (tertiary/aromatic N) is 1. The van der Waals surface area contributed by atoms with Gasteiger partial charge in [0.1, 0.15) is 0 Å². The zero-order valence-corrected chi connectivity index (χ0v) is 15.2. The predicted molar refractivity (Wildman–Crippen MR) is 113 cm³/mol. The first-order chi connectivity index (χ1) is 13.9. The van der Waals surface area contributed by atoms with Gasteiger partial charge in [-0.25, -0.2) is 4.98 Å². The van der Waals surface area contributed by atoms with Crippen LogP contribution in [0.25, 0.3) is 45.2 Å². The lowest BCUT2D eigenvalue weighted by atomic mass is 10.0. The molecule has 1 N–H and O–H groups in total. The number of nitrogens with one attached hydrogen (secondary N) is 1. The van der Waals surface area contributed by atoms with E-state index in [9.17, 15) is 0 Å². The molecule has 5 aromatic rings. The van der Waals surface area contributed by atoms with Crippen molar-refractivity contribution in [3.63, 3.8) is 0 Å². The number of aromatic nitrogens is 2. The van der Waals surface area contributed by atoms with Crippen LogP contribution >= 0.6 is 0 Å². The lowest BCUT2D eigenvalue weighted by Crippen LogP contribution is -1.84. The van der Waals surface area contributed by atoms with Crippen LogP contribution in [0.3, 0.4) is 0 Å². The maximum atomic E-state index is 5.54. The van der Waals surface area contributed by atoms with Gasteiger partial charge in [0.25, 0.3) is 0 Å². The number of aromatic amines is 1. The van der Waals surface area contributed by atoms with Crippen molar-refractivity contribution in [1.82, 2.24) is 9.97 Å². The minimum Gasteiger partial charge on any atom is -0.461 e. The molecule has 0 atom stereocenters. The first kappa shape index (κ1) is 16.3. The Kier molecular flexibility index (Phi) is 4.11. The summed E-state index contributed by atoms with van der Waals surface area (Å²) in [6.45, 7) is 0. The van der Waals surface area contributed by atoms with Crippen LogP contribution in [0, 0.1) is 0 Å². The van der Waals surface area contributed by atoms with Gasteiger partial charge in [0.15, 0.2) is 11.6 Å². The molecular weight excluding hydrogens is 344 g/mol. The van der Waals surface area contributed by atoms with Gasteiger partial charge in [0.2, 0.25) is 0 Å². The van der Waals surface area contributed by atoms with Crippen molar-refractivity contribution in [2.45, 2.75) is 0 Å². The van der Waals surface area contributed by atoms with Crippen LogP contribution in [0.15, 0.2) is 108 Å². The summed E-state index contributed by atoms with van der Waals surface area (Å²) in [7, 11) is 0. The fraction of sp³-hybridized carbons (Fsp3) is 0. The van der Waals surface area contributed by atoms with Gasteiger partial charge in [-0.05, 0) is 23.3 Å². The van der Waals surface area contributed by atoms with E-state index in [0.717, 1.165) is 34.1 Å². The first-order valence-electron chi connectivity index (χ1n) is 9.24. The van der Waals surface area contributed by atoms with Crippen LogP contribution in [0.4, 0.5) is 0 Å². The van der Waals surface area contributed by atoms with Crippen LogP contribution < -0.4 is 0 Å². The van der Waals surface area contributed by atoms with Gasteiger partial charge >= 0.3 is 0 Å². The fourth-order valence-corrected chi connectivity index (χ4v) is 3.38. The normalized spacial score (nSPS) is 10.9. The number of imidazole rings is 1. The summed E-state index contributed by atoms with van der Waals surface area (Å²) in [5.74, 6) is 1.45. The number of rotatable bonds is 4. The molecule has 0 aliphatic rings. The van der Waals surface area contributed by atoms with Gasteiger partial charge in [-0.1, -0.05) is 84.9 Å². The highest BCUT2D eigenvalue weighted by molar-refractivity contribution is 5.81. The van der Waals surface area contributed by atoms with Crippen molar-refractivity contribution < 1.29 is 4.42 Å². The highest BCUT2D eigenvalue weighted by Crippen LogP contribution is 2.34. The lowest BCUT2D eigenvalue weighted by molar-refractivity contribution is 0.578. The lowest BCUT2D eigenvalue weighted by Gasteiger charge is -2.06. The van der Waals surface area contributed by atoms with E-state index in [1.807, 2.05) is 36.4 Å². The number of hydrogen-bond acceptors (Lipinski definition) is 2. The molecule has 3 nitrogen and oxygen atoms in total. The zero-order chi connectivity index (χ0) is 18.8. The SMILES string of the molecule is c1ccc(-c2ccc(-c3[nH]c(-c4ccco4)nc3-c3ccccc3)cc2)cc1. The van der Waals surface area contributed by atoms with Crippen molar-refractivity contribution in [1.29, 1.82) is 0 Å². The molecule has 0 radical (unpaired) electrons. The van der Waals surface area contributed by atoms with Crippen LogP contribution in [0.2, 0.25) is 0 Å². The Morgan fingerprint density at radius 2 is 1.18 bits per heavy atom. The Hall–Kier alpha value is -3.85. The summed E-state index contributed by atoms with van der Waals surface area (Å²) in [5.41, 5.74) is 6.45. The van der Waals surface area contributed by atoms with Gasteiger partial charge in [-0.15, -0.1) is 0 Å². The van der Waals surface area contributed by atoms with Crippen LogP contribution in [-0.2, 0) is 0 Å². The molecule has 5 rings (SSSR count). The number of furan rings is 1. The monoisotopic (exact) mass is 362 g/mol. The average Bonchev–Trinajstić information content (AvgIpc) is 3.45. The summed E-state index contributed by atoms with van der Waals surface area (Å²) < 4.78 is 5.54. The van der Waals surface area contributed by atoms with E-state index in [1.165, 1.54) is 11.1 Å². The molecule has 2 heterocycles. The van der Waals surface area contributed by atoms with Gasteiger partial charge in [0, 0.05) is 11.1 Å². The number of benzene rings is 3. The van der Waals surface area contributed by atoms with Crippen molar-refractivity contribution >= 4 is 0 Å². The van der Waals surface area contributed by atoms with Crippen LogP contribution in [0.1, 0.15) is 0 Å². The molecule has 0 amide bonds. The summed E-state index contributed by atoms with van der Waals surface area (Å²) >= 11 is 0. The van der Waals surface area contributed by atoms with E-state index >= 15 is 0 Å². The van der Waals surface area contributed by atoms with E-state index in [0.29, 0.717) is 0 Å². The van der Waals surface area contributed by atoms with E-state index in [1.54, 1.807) is 6.26 Å². The van der Waals surface area contributed by atoms with Crippen molar-refractivity contribution in [2.24, 2.45) is 0 Å². The van der Waals surface area contributed by atoms with Crippen LogP contribution in [-0.4, -0.2) is 9.97 Å². The van der Waals surface area contributed by atoms with E-state index in [-0.39, 0.29) is 0 Å². The molecular formula is C25H18N2O. The third-order valence-corrected chi connectivity index (χ3v) is 4.79. The molecule has 2 aromatic heterocycles.